The number of alkyl halides is 3. The fourth-order valence-corrected chi connectivity index (χ4v) is 5.70. The number of rotatable bonds is 5. The minimum Gasteiger partial charge on any atom is -0.486 e. The number of aromatic nitrogens is 1. The lowest BCUT2D eigenvalue weighted by molar-refractivity contribution is -0.137. The molecule has 0 N–H and O–H groups in total. The topological polar surface area (TPSA) is 59.5 Å². The molecule has 3 aromatic rings. The highest BCUT2D eigenvalue weighted by Gasteiger charge is 2.31. The van der Waals surface area contributed by atoms with E-state index in [0.717, 1.165) is 31.4 Å². The van der Waals surface area contributed by atoms with Gasteiger partial charge in [-0.1, -0.05) is 6.42 Å². The smallest absolute Gasteiger partial charge is 0.416 e. The summed E-state index contributed by atoms with van der Waals surface area (Å²) in [6, 6.07) is 9.63. The van der Waals surface area contributed by atoms with Crippen molar-refractivity contribution in [3.05, 3.63) is 53.0 Å². The summed E-state index contributed by atoms with van der Waals surface area (Å²) in [6.45, 7) is 1.15. The number of nitrogens with zero attached hydrogens (tertiary/aromatic N) is 2. The molecule has 1 saturated heterocycles. The van der Waals surface area contributed by atoms with E-state index in [2.05, 4.69) is 4.98 Å². The van der Waals surface area contributed by atoms with Crippen molar-refractivity contribution in [2.75, 3.05) is 13.1 Å². The molecule has 160 valence electrons. The number of piperidine rings is 1. The van der Waals surface area contributed by atoms with Crippen molar-refractivity contribution in [1.82, 2.24) is 9.29 Å². The molecule has 0 spiro atoms. The Morgan fingerprint density at radius 2 is 1.73 bits per heavy atom. The monoisotopic (exact) mass is 456 g/mol. The van der Waals surface area contributed by atoms with Gasteiger partial charge in [0.15, 0.2) is 0 Å². The summed E-state index contributed by atoms with van der Waals surface area (Å²) in [5, 5.41) is 0.536. The molecular formula is C20H19F3N2O3S2. The molecule has 2 heterocycles. The Balaban J connectivity index is 1.44. The Bertz CT molecular complexity index is 1140. The van der Waals surface area contributed by atoms with E-state index in [4.69, 9.17) is 4.74 Å². The third-order valence-electron chi connectivity index (χ3n) is 4.90. The number of halogens is 3. The molecule has 5 nitrogen and oxygen atoms in total. The summed E-state index contributed by atoms with van der Waals surface area (Å²) in [5.41, 5.74) is -0.463. The van der Waals surface area contributed by atoms with Crippen LogP contribution in [0, 0.1) is 0 Å². The van der Waals surface area contributed by atoms with Crippen LogP contribution in [0.1, 0.15) is 29.8 Å². The number of sulfonamides is 1. The molecular weight excluding hydrogens is 437 g/mol. The van der Waals surface area contributed by atoms with Gasteiger partial charge in [0.1, 0.15) is 17.4 Å². The molecule has 30 heavy (non-hydrogen) atoms. The van der Waals surface area contributed by atoms with Crippen LogP contribution >= 0.6 is 11.3 Å². The van der Waals surface area contributed by atoms with E-state index < -0.39 is 21.8 Å². The van der Waals surface area contributed by atoms with Gasteiger partial charge in [0.25, 0.3) is 0 Å². The number of benzene rings is 2. The fourth-order valence-electron chi connectivity index (χ4n) is 3.32. The first-order valence-corrected chi connectivity index (χ1v) is 11.7. The first-order chi connectivity index (χ1) is 14.2. The van der Waals surface area contributed by atoms with E-state index in [9.17, 15) is 21.6 Å². The van der Waals surface area contributed by atoms with Crippen LogP contribution < -0.4 is 4.74 Å². The summed E-state index contributed by atoms with van der Waals surface area (Å²) < 4.78 is 71.6. The Morgan fingerprint density at radius 3 is 2.40 bits per heavy atom. The minimum absolute atomic E-state index is 0.0823. The molecule has 2 aromatic carbocycles. The van der Waals surface area contributed by atoms with Crippen molar-refractivity contribution in [2.24, 2.45) is 0 Å². The van der Waals surface area contributed by atoms with Crippen LogP contribution in [0.3, 0.4) is 0 Å². The Kier molecular flexibility index (Phi) is 5.73. The fraction of sp³-hybridized carbons (Fsp3) is 0.350. The zero-order chi connectivity index (χ0) is 21.4. The molecule has 1 fully saturated rings. The maximum atomic E-state index is 12.8. The highest BCUT2D eigenvalue weighted by atomic mass is 32.2. The summed E-state index contributed by atoms with van der Waals surface area (Å²) in [6.07, 6.45) is -1.63. The van der Waals surface area contributed by atoms with Crippen molar-refractivity contribution in [2.45, 2.75) is 36.9 Å². The van der Waals surface area contributed by atoms with E-state index in [1.165, 1.54) is 33.8 Å². The van der Waals surface area contributed by atoms with Gasteiger partial charge < -0.3 is 4.74 Å². The van der Waals surface area contributed by atoms with Crippen molar-refractivity contribution in [3.63, 3.8) is 0 Å². The van der Waals surface area contributed by atoms with Gasteiger partial charge in [0.05, 0.1) is 20.7 Å². The van der Waals surface area contributed by atoms with Crippen LogP contribution in [-0.4, -0.2) is 30.8 Å². The van der Waals surface area contributed by atoms with Crippen molar-refractivity contribution in [1.29, 1.82) is 0 Å². The normalized spacial score (nSPS) is 16.1. The Hall–Kier alpha value is -2.17. The van der Waals surface area contributed by atoms with Crippen LogP contribution in [0.4, 0.5) is 13.2 Å². The quantitative estimate of drug-likeness (QED) is 0.538. The van der Waals surface area contributed by atoms with Gasteiger partial charge in [-0.3, -0.25) is 0 Å². The van der Waals surface area contributed by atoms with Crippen LogP contribution in [0.25, 0.3) is 10.2 Å². The molecule has 1 aliphatic heterocycles. The third-order valence-corrected chi connectivity index (χ3v) is 7.82. The lowest BCUT2D eigenvalue weighted by Gasteiger charge is -2.25. The number of fused-ring (bicyclic) bond motifs is 1. The molecule has 0 bridgehead atoms. The second kappa shape index (κ2) is 8.16. The van der Waals surface area contributed by atoms with Crippen LogP contribution in [0.15, 0.2) is 47.4 Å². The van der Waals surface area contributed by atoms with Crippen molar-refractivity contribution in [3.8, 4) is 5.75 Å². The summed E-state index contributed by atoms with van der Waals surface area (Å²) in [7, 11) is -3.50. The van der Waals surface area contributed by atoms with Crippen LogP contribution in [-0.2, 0) is 22.8 Å². The number of thiazole rings is 1. The summed E-state index contributed by atoms with van der Waals surface area (Å²) in [5.74, 6) is 0.461. The highest BCUT2D eigenvalue weighted by molar-refractivity contribution is 7.89. The molecule has 0 saturated carbocycles. The van der Waals surface area contributed by atoms with E-state index >= 15 is 0 Å². The maximum absolute atomic E-state index is 12.8. The lowest BCUT2D eigenvalue weighted by atomic mass is 10.2. The molecule has 4 rings (SSSR count). The molecule has 0 unspecified atom stereocenters. The molecule has 0 amide bonds. The molecule has 10 heteroatoms. The zero-order valence-electron chi connectivity index (χ0n) is 15.9. The van der Waals surface area contributed by atoms with Crippen LogP contribution in [0.2, 0.25) is 0 Å². The second-order valence-electron chi connectivity index (χ2n) is 7.01. The standard InChI is InChI=1S/C20H19F3N2O3S2/c21-20(22,23)14-4-9-18-17(12-14)24-19(29-18)13-28-15-5-7-16(8-6-15)30(26,27)25-10-2-1-3-11-25/h4-9,12H,1-3,10-11,13H2. The predicted octanol–water partition coefficient (Wildman–Crippen LogP) is 5.07. The molecule has 0 aliphatic carbocycles. The number of ether oxygens (including phenoxy) is 1. The third kappa shape index (κ3) is 4.45. The van der Waals surface area contributed by atoms with E-state index in [-0.39, 0.29) is 17.0 Å². The van der Waals surface area contributed by atoms with E-state index in [1.54, 1.807) is 12.1 Å². The molecule has 0 radical (unpaired) electrons. The average molecular weight is 457 g/mol. The van der Waals surface area contributed by atoms with Gasteiger partial charge in [-0.15, -0.1) is 11.3 Å². The van der Waals surface area contributed by atoms with Gasteiger partial charge in [0, 0.05) is 13.1 Å². The SMILES string of the molecule is O=S(=O)(c1ccc(OCc2nc3cc(C(F)(F)F)ccc3s2)cc1)N1CCCCC1. The molecule has 1 aromatic heterocycles. The van der Waals surface area contributed by atoms with Gasteiger partial charge in [-0.25, -0.2) is 13.4 Å². The summed E-state index contributed by atoms with van der Waals surface area (Å²) in [4.78, 5) is 4.43. The van der Waals surface area contributed by atoms with Gasteiger partial charge in [-0.05, 0) is 55.3 Å². The highest BCUT2D eigenvalue weighted by Crippen LogP contribution is 2.33. The molecule has 1 aliphatic rings. The first kappa shape index (κ1) is 21.1. The van der Waals surface area contributed by atoms with E-state index in [0.29, 0.717) is 28.5 Å². The maximum Gasteiger partial charge on any atom is 0.416 e. The van der Waals surface area contributed by atoms with Crippen molar-refractivity contribution < 1.29 is 26.3 Å². The van der Waals surface area contributed by atoms with Gasteiger partial charge in [0.2, 0.25) is 10.0 Å². The second-order valence-corrected chi connectivity index (χ2v) is 10.1. The Morgan fingerprint density at radius 1 is 1.03 bits per heavy atom. The largest absolute Gasteiger partial charge is 0.486 e. The number of hydrogen-bond donors (Lipinski definition) is 0. The first-order valence-electron chi connectivity index (χ1n) is 9.43. The summed E-state index contributed by atoms with van der Waals surface area (Å²) >= 11 is 1.26. The molecule has 0 atom stereocenters. The lowest BCUT2D eigenvalue weighted by Crippen LogP contribution is -2.35. The minimum atomic E-state index is -4.41. The Labute approximate surface area is 176 Å². The predicted molar refractivity (Wildman–Crippen MR) is 108 cm³/mol. The number of hydrogen-bond acceptors (Lipinski definition) is 5. The van der Waals surface area contributed by atoms with Crippen molar-refractivity contribution >= 4 is 31.6 Å². The average Bonchev–Trinajstić information content (AvgIpc) is 3.15. The van der Waals surface area contributed by atoms with Gasteiger partial charge in [-0.2, -0.15) is 17.5 Å². The van der Waals surface area contributed by atoms with E-state index in [1.807, 2.05) is 0 Å². The van der Waals surface area contributed by atoms with Gasteiger partial charge >= 0.3 is 6.18 Å². The van der Waals surface area contributed by atoms with Crippen LogP contribution in [0.5, 0.6) is 5.75 Å². The zero-order valence-corrected chi connectivity index (χ0v) is 17.5.